The molecule has 0 atom stereocenters. The average molecular weight is 397 g/mol. The van der Waals surface area contributed by atoms with E-state index in [-0.39, 0.29) is 0 Å². The lowest BCUT2D eigenvalue weighted by atomic mass is 9.91. The smallest absolute Gasteiger partial charge is 0.223 e. The minimum Gasteiger partial charge on any atom is -0.383 e. The number of nitrogens with one attached hydrogen (secondary N) is 2. The highest BCUT2D eigenvalue weighted by Gasteiger charge is 2.22. The van der Waals surface area contributed by atoms with Crippen molar-refractivity contribution < 1.29 is 9.13 Å². The standard InChI is InChI=1S/C22H28FN5O/c1-29-11-10-25-18-4-6-19(7-5-18)27-22-26-14-20(23)21(28-22)16-2-3-17-13-24-9-8-15(17)12-16/h2-3,12-14,18-19,25H,4-11H2,1H3,(H,26,27,28). The van der Waals surface area contributed by atoms with E-state index >= 15 is 0 Å². The molecule has 7 heteroatoms. The summed E-state index contributed by atoms with van der Waals surface area (Å²) in [5.41, 5.74) is 3.42. The van der Waals surface area contributed by atoms with Crippen LogP contribution >= 0.6 is 0 Å². The monoisotopic (exact) mass is 397 g/mol. The van der Waals surface area contributed by atoms with E-state index in [9.17, 15) is 4.39 Å². The summed E-state index contributed by atoms with van der Waals surface area (Å²) in [6.07, 6.45) is 8.30. The van der Waals surface area contributed by atoms with Crippen molar-refractivity contribution in [3.8, 4) is 11.3 Å². The maximum Gasteiger partial charge on any atom is 0.223 e. The van der Waals surface area contributed by atoms with Crippen molar-refractivity contribution >= 4 is 12.2 Å². The van der Waals surface area contributed by atoms with E-state index in [1.807, 2.05) is 24.4 Å². The van der Waals surface area contributed by atoms with Gasteiger partial charge >= 0.3 is 0 Å². The third-order valence-corrected chi connectivity index (χ3v) is 5.70. The summed E-state index contributed by atoms with van der Waals surface area (Å²) in [6, 6.07) is 6.76. The fourth-order valence-electron chi connectivity index (χ4n) is 4.07. The first-order valence-electron chi connectivity index (χ1n) is 10.4. The third-order valence-electron chi connectivity index (χ3n) is 5.70. The molecule has 1 saturated carbocycles. The highest BCUT2D eigenvalue weighted by molar-refractivity contribution is 5.84. The minimum atomic E-state index is -0.397. The highest BCUT2D eigenvalue weighted by Crippen LogP contribution is 2.26. The van der Waals surface area contributed by atoms with Crippen molar-refractivity contribution in [1.82, 2.24) is 15.3 Å². The molecular weight excluding hydrogens is 369 g/mol. The Kier molecular flexibility index (Phi) is 6.46. The van der Waals surface area contributed by atoms with Crippen LogP contribution in [0.5, 0.6) is 0 Å². The molecule has 0 amide bonds. The molecule has 29 heavy (non-hydrogen) atoms. The molecule has 2 N–H and O–H groups in total. The van der Waals surface area contributed by atoms with Gasteiger partial charge in [-0.2, -0.15) is 0 Å². The number of halogens is 1. The Labute approximate surface area is 171 Å². The summed E-state index contributed by atoms with van der Waals surface area (Å²) in [7, 11) is 1.72. The summed E-state index contributed by atoms with van der Waals surface area (Å²) < 4.78 is 19.6. The highest BCUT2D eigenvalue weighted by atomic mass is 19.1. The van der Waals surface area contributed by atoms with Crippen molar-refractivity contribution in [2.75, 3.05) is 32.1 Å². The van der Waals surface area contributed by atoms with Crippen LogP contribution in [-0.4, -0.2) is 55.1 Å². The van der Waals surface area contributed by atoms with Crippen molar-refractivity contribution in [2.45, 2.75) is 44.2 Å². The lowest BCUT2D eigenvalue weighted by molar-refractivity contribution is 0.191. The van der Waals surface area contributed by atoms with Crippen LogP contribution in [0, 0.1) is 5.82 Å². The molecule has 154 valence electrons. The van der Waals surface area contributed by atoms with Crippen LogP contribution in [0.25, 0.3) is 11.3 Å². The van der Waals surface area contributed by atoms with Gasteiger partial charge in [-0.3, -0.25) is 4.99 Å². The molecular formula is C22H28FN5O. The van der Waals surface area contributed by atoms with Gasteiger partial charge in [-0.15, -0.1) is 0 Å². The Hall–Kier alpha value is -2.38. The van der Waals surface area contributed by atoms with E-state index in [2.05, 4.69) is 25.6 Å². The predicted octanol–water partition coefficient (Wildman–Crippen LogP) is 3.22. The normalized spacial score (nSPS) is 21.0. The van der Waals surface area contributed by atoms with E-state index in [1.165, 1.54) is 11.8 Å². The Bertz CT molecular complexity index is 864. The number of rotatable bonds is 7. The lowest BCUT2D eigenvalue weighted by Crippen LogP contribution is -2.38. The van der Waals surface area contributed by atoms with Gasteiger partial charge in [0, 0.05) is 44.1 Å². The predicted molar refractivity (Wildman–Crippen MR) is 113 cm³/mol. The number of aliphatic imine (C=N–C) groups is 1. The van der Waals surface area contributed by atoms with Crippen LogP contribution in [0.1, 0.15) is 36.8 Å². The maximum absolute atomic E-state index is 14.5. The number of methoxy groups -OCH3 is 1. The van der Waals surface area contributed by atoms with E-state index < -0.39 is 5.82 Å². The largest absolute Gasteiger partial charge is 0.383 e. The summed E-state index contributed by atoms with van der Waals surface area (Å²) in [4.78, 5) is 13.0. The number of ether oxygens (including phenoxy) is 1. The maximum atomic E-state index is 14.5. The van der Waals surface area contributed by atoms with Gasteiger partial charge in [0.1, 0.15) is 5.69 Å². The number of nitrogens with zero attached hydrogens (tertiary/aromatic N) is 3. The Morgan fingerprint density at radius 1 is 1.17 bits per heavy atom. The SMILES string of the molecule is COCCNC1CCC(Nc2ncc(F)c(-c3ccc4c(c3)CCN=C4)n2)CC1. The molecule has 1 aliphatic heterocycles. The van der Waals surface area contributed by atoms with Crippen molar-refractivity contribution in [3.05, 3.63) is 41.3 Å². The molecule has 1 aromatic carbocycles. The van der Waals surface area contributed by atoms with E-state index in [0.29, 0.717) is 23.7 Å². The quantitative estimate of drug-likeness (QED) is 0.702. The average Bonchev–Trinajstić information content (AvgIpc) is 2.76. The Morgan fingerprint density at radius 2 is 2.00 bits per heavy atom. The van der Waals surface area contributed by atoms with Gasteiger partial charge < -0.3 is 15.4 Å². The van der Waals surface area contributed by atoms with Crippen LogP contribution in [0.2, 0.25) is 0 Å². The summed E-state index contributed by atoms with van der Waals surface area (Å²) in [5.74, 6) is 0.0995. The van der Waals surface area contributed by atoms with Crippen LogP contribution in [0.3, 0.4) is 0 Å². The zero-order chi connectivity index (χ0) is 20.1. The summed E-state index contributed by atoms with van der Waals surface area (Å²) >= 11 is 0. The molecule has 2 aromatic rings. The van der Waals surface area contributed by atoms with Gasteiger partial charge in [-0.25, -0.2) is 14.4 Å². The first-order chi connectivity index (χ1) is 14.2. The first kappa shape index (κ1) is 19.9. The van der Waals surface area contributed by atoms with Gasteiger partial charge in [0.25, 0.3) is 0 Å². The van der Waals surface area contributed by atoms with Crippen LogP contribution in [0.4, 0.5) is 10.3 Å². The molecule has 0 radical (unpaired) electrons. The fraction of sp³-hybridized carbons (Fsp3) is 0.500. The molecule has 0 bridgehead atoms. The topological polar surface area (TPSA) is 71.4 Å². The molecule has 2 aliphatic rings. The van der Waals surface area contributed by atoms with E-state index in [4.69, 9.17) is 4.74 Å². The van der Waals surface area contributed by atoms with Gasteiger partial charge in [0.05, 0.1) is 12.8 Å². The molecule has 1 aliphatic carbocycles. The molecule has 2 heterocycles. The van der Waals surface area contributed by atoms with Gasteiger partial charge in [-0.1, -0.05) is 12.1 Å². The van der Waals surface area contributed by atoms with Crippen LogP contribution in [-0.2, 0) is 11.2 Å². The number of hydrogen-bond acceptors (Lipinski definition) is 6. The third kappa shape index (κ3) is 4.97. The molecule has 6 nitrogen and oxygen atoms in total. The number of hydrogen-bond donors (Lipinski definition) is 2. The van der Waals surface area contributed by atoms with Crippen molar-refractivity contribution in [1.29, 1.82) is 0 Å². The Balaban J connectivity index is 1.41. The molecule has 1 aromatic heterocycles. The molecule has 4 rings (SSSR count). The second-order valence-corrected chi connectivity index (χ2v) is 7.73. The number of fused-ring (bicyclic) bond motifs is 1. The number of aromatic nitrogens is 2. The lowest BCUT2D eigenvalue weighted by Gasteiger charge is -2.29. The molecule has 0 spiro atoms. The zero-order valence-corrected chi connectivity index (χ0v) is 16.8. The second-order valence-electron chi connectivity index (χ2n) is 7.73. The fourth-order valence-corrected chi connectivity index (χ4v) is 4.07. The Morgan fingerprint density at radius 3 is 2.83 bits per heavy atom. The molecule has 0 unspecified atom stereocenters. The summed E-state index contributed by atoms with van der Waals surface area (Å²) in [6.45, 7) is 2.40. The van der Waals surface area contributed by atoms with Crippen molar-refractivity contribution in [2.24, 2.45) is 4.99 Å². The second kappa shape index (κ2) is 9.41. The molecule has 0 saturated heterocycles. The number of benzene rings is 1. The summed E-state index contributed by atoms with van der Waals surface area (Å²) in [5, 5.41) is 6.93. The van der Waals surface area contributed by atoms with E-state index in [0.717, 1.165) is 62.9 Å². The van der Waals surface area contributed by atoms with Gasteiger partial charge in [0.2, 0.25) is 5.95 Å². The van der Waals surface area contributed by atoms with Gasteiger partial charge in [-0.05, 0) is 49.3 Å². The van der Waals surface area contributed by atoms with E-state index in [1.54, 1.807) is 7.11 Å². The number of anilines is 1. The molecule has 1 fully saturated rings. The van der Waals surface area contributed by atoms with Crippen LogP contribution < -0.4 is 10.6 Å². The van der Waals surface area contributed by atoms with Crippen molar-refractivity contribution in [3.63, 3.8) is 0 Å². The minimum absolute atomic E-state index is 0.313. The first-order valence-corrected chi connectivity index (χ1v) is 10.4. The zero-order valence-electron chi connectivity index (χ0n) is 16.8. The van der Waals surface area contributed by atoms with Crippen LogP contribution in [0.15, 0.2) is 29.4 Å². The van der Waals surface area contributed by atoms with Gasteiger partial charge in [0.15, 0.2) is 5.82 Å².